The van der Waals surface area contributed by atoms with E-state index in [0.717, 1.165) is 3.57 Å². The highest BCUT2D eigenvalue weighted by atomic mass is 127. The lowest BCUT2D eigenvalue weighted by molar-refractivity contribution is 0.0846. The van der Waals surface area contributed by atoms with Crippen LogP contribution >= 0.6 is 22.6 Å². The second kappa shape index (κ2) is 8.16. The van der Waals surface area contributed by atoms with Gasteiger partial charge < -0.3 is 0 Å². The zero-order chi connectivity index (χ0) is 16.7. The van der Waals surface area contributed by atoms with Gasteiger partial charge in [0.15, 0.2) is 0 Å². The van der Waals surface area contributed by atoms with Crippen LogP contribution in [0.25, 0.3) is 10.4 Å². The van der Waals surface area contributed by atoms with Crippen LogP contribution < -0.4 is 10.9 Å². The summed E-state index contributed by atoms with van der Waals surface area (Å²) in [7, 11) is 0. The zero-order valence-electron chi connectivity index (χ0n) is 11.9. The van der Waals surface area contributed by atoms with E-state index in [4.69, 9.17) is 5.53 Å². The number of nitrogens with one attached hydrogen (secondary N) is 2. The first-order valence-corrected chi connectivity index (χ1v) is 7.64. The number of amides is 2. The Hall–Kier alpha value is -2.58. The fourth-order valence-corrected chi connectivity index (χ4v) is 2.41. The first-order valence-electron chi connectivity index (χ1n) is 6.57. The van der Waals surface area contributed by atoms with Crippen molar-refractivity contribution in [1.29, 1.82) is 0 Å². The molecule has 0 aliphatic carbocycles. The van der Waals surface area contributed by atoms with Crippen LogP contribution in [0.15, 0.2) is 53.6 Å². The lowest BCUT2D eigenvalue weighted by Crippen LogP contribution is -2.42. The lowest BCUT2D eigenvalue weighted by Gasteiger charge is -2.10. The summed E-state index contributed by atoms with van der Waals surface area (Å²) in [5.41, 5.74) is 14.5. The maximum Gasteiger partial charge on any atom is 0.269 e. The van der Waals surface area contributed by atoms with Crippen LogP contribution in [0, 0.1) is 3.57 Å². The molecular weight excluding hydrogens is 409 g/mol. The highest BCUT2D eigenvalue weighted by Crippen LogP contribution is 2.10. The van der Waals surface area contributed by atoms with Crippen LogP contribution in [0.4, 0.5) is 0 Å². The van der Waals surface area contributed by atoms with Crippen molar-refractivity contribution in [1.82, 2.24) is 10.9 Å². The monoisotopic (exact) mass is 421 g/mol. The van der Waals surface area contributed by atoms with Crippen LogP contribution in [0.2, 0.25) is 0 Å². The summed E-state index contributed by atoms with van der Waals surface area (Å²) in [6.45, 7) is 0.0604. The van der Waals surface area contributed by atoms with Crippen molar-refractivity contribution in [3.8, 4) is 0 Å². The number of nitrogens with zero attached hydrogens (tertiary/aromatic N) is 3. The Morgan fingerprint density at radius 3 is 2.57 bits per heavy atom. The fraction of sp³-hybridized carbons (Fsp3) is 0.0667. The molecule has 2 aromatic carbocycles. The molecule has 23 heavy (non-hydrogen) atoms. The molecule has 2 amide bonds. The number of benzene rings is 2. The Morgan fingerprint density at radius 2 is 1.83 bits per heavy atom. The van der Waals surface area contributed by atoms with Gasteiger partial charge in [0.1, 0.15) is 0 Å². The van der Waals surface area contributed by atoms with Crippen molar-refractivity contribution < 1.29 is 9.59 Å². The number of halogens is 1. The third-order valence-corrected chi connectivity index (χ3v) is 3.61. The Morgan fingerprint density at radius 1 is 1.09 bits per heavy atom. The van der Waals surface area contributed by atoms with E-state index >= 15 is 0 Å². The summed E-state index contributed by atoms with van der Waals surface area (Å²) in [6.07, 6.45) is 0. The molecule has 2 N–H and O–H groups in total. The van der Waals surface area contributed by atoms with E-state index in [1.54, 1.807) is 42.5 Å². The van der Waals surface area contributed by atoms with Crippen molar-refractivity contribution in [3.05, 3.63) is 79.2 Å². The highest BCUT2D eigenvalue weighted by molar-refractivity contribution is 14.1. The van der Waals surface area contributed by atoms with Crippen molar-refractivity contribution in [2.75, 3.05) is 0 Å². The quantitative estimate of drug-likeness (QED) is 0.260. The van der Waals surface area contributed by atoms with Crippen LogP contribution in [-0.2, 0) is 6.54 Å². The molecule has 0 radical (unpaired) electrons. The van der Waals surface area contributed by atoms with E-state index < -0.39 is 11.8 Å². The predicted octanol–water partition coefficient (Wildman–Crippen LogP) is 3.18. The molecule has 0 bridgehead atoms. The van der Waals surface area contributed by atoms with Gasteiger partial charge in [0.25, 0.3) is 11.8 Å². The highest BCUT2D eigenvalue weighted by Gasteiger charge is 2.12. The van der Waals surface area contributed by atoms with Crippen molar-refractivity contribution in [2.24, 2.45) is 5.11 Å². The van der Waals surface area contributed by atoms with Gasteiger partial charge in [-0.3, -0.25) is 20.4 Å². The number of carbonyl (C=O) groups is 2. The van der Waals surface area contributed by atoms with Crippen molar-refractivity contribution >= 4 is 34.4 Å². The summed E-state index contributed by atoms with van der Waals surface area (Å²) in [5.74, 6) is -0.892. The standard InChI is InChI=1S/C15H12IN5O2/c16-12-6-3-5-10(8-12)14(22)19-20-15(23)13-7-2-1-4-11(13)9-18-21-17/h1-8H,9H2,(H,19,22)(H,20,23). The first-order chi connectivity index (χ1) is 11.1. The van der Waals surface area contributed by atoms with Gasteiger partial charge in [0.2, 0.25) is 0 Å². The Labute approximate surface area is 145 Å². The van der Waals surface area contributed by atoms with Gasteiger partial charge in [-0.25, -0.2) is 0 Å². The molecule has 7 nitrogen and oxygen atoms in total. The SMILES string of the molecule is [N-]=[N+]=NCc1ccccc1C(=O)NNC(=O)c1cccc(I)c1. The first kappa shape index (κ1) is 16.8. The number of hydrogen-bond donors (Lipinski definition) is 2. The summed E-state index contributed by atoms with van der Waals surface area (Å²) in [6, 6.07) is 13.7. The predicted molar refractivity (Wildman–Crippen MR) is 93.4 cm³/mol. The van der Waals surface area contributed by atoms with Crippen LogP contribution in [0.1, 0.15) is 26.3 Å². The minimum Gasteiger partial charge on any atom is -0.267 e. The van der Waals surface area contributed by atoms with Crippen molar-refractivity contribution in [2.45, 2.75) is 6.54 Å². The molecule has 0 saturated carbocycles. The largest absolute Gasteiger partial charge is 0.269 e. The molecule has 0 aliphatic heterocycles. The minimum atomic E-state index is -0.479. The summed E-state index contributed by atoms with van der Waals surface area (Å²) >= 11 is 2.10. The van der Waals surface area contributed by atoms with E-state index in [-0.39, 0.29) is 6.54 Å². The van der Waals surface area contributed by atoms with Gasteiger partial charge >= 0.3 is 0 Å². The second-order valence-corrected chi connectivity index (χ2v) is 5.71. The van der Waals surface area contributed by atoms with E-state index in [1.807, 2.05) is 6.07 Å². The Bertz CT molecular complexity index is 787. The average molecular weight is 421 g/mol. The Balaban J connectivity index is 2.05. The maximum absolute atomic E-state index is 12.2. The van der Waals surface area contributed by atoms with Gasteiger partial charge in [0.05, 0.1) is 6.54 Å². The van der Waals surface area contributed by atoms with E-state index in [1.165, 1.54) is 0 Å². The van der Waals surface area contributed by atoms with Gasteiger partial charge in [-0.15, -0.1) is 0 Å². The third-order valence-electron chi connectivity index (χ3n) is 2.94. The van der Waals surface area contributed by atoms with Gasteiger partial charge in [0, 0.05) is 19.6 Å². The zero-order valence-corrected chi connectivity index (χ0v) is 14.0. The summed E-state index contributed by atoms with van der Waals surface area (Å²) < 4.78 is 0.918. The Kier molecular flexibility index (Phi) is 5.95. The van der Waals surface area contributed by atoms with Crippen LogP contribution in [0.3, 0.4) is 0 Å². The number of rotatable bonds is 4. The summed E-state index contributed by atoms with van der Waals surface area (Å²) in [4.78, 5) is 26.8. The molecule has 0 fully saturated rings. The van der Waals surface area contributed by atoms with Gasteiger partial charge in [-0.05, 0) is 58.0 Å². The molecule has 0 aliphatic rings. The molecular formula is C15H12IN5O2. The lowest BCUT2D eigenvalue weighted by atomic mass is 10.1. The number of carbonyl (C=O) groups excluding carboxylic acids is 2. The second-order valence-electron chi connectivity index (χ2n) is 4.46. The van der Waals surface area contributed by atoms with E-state index in [0.29, 0.717) is 16.7 Å². The molecule has 0 atom stereocenters. The third kappa shape index (κ3) is 4.70. The number of hydrazine groups is 1. The minimum absolute atomic E-state index is 0.0604. The van der Waals surface area contributed by atoms with Gasteiger partial charge in [-0.1, -0.05) is 29.4 Å². The summed E-state index contributed by atoms with van der Waals surface area (Å²) in [5, 5.41) is 3.45. The van der Waals surface area contributed by atoms with E-state index in [2.05, 4.69) is 43.5 Å². The fourth-order valence-electron chi connectivity index (χ4n) is 1.87. The normalized spacial score (nSPS) is 9.61. The van der Waals surface area contributed by atoms with Crippen LogP contribution in [-0.4, -0.2) is 11.8 Å². The number of hydrogen-bond acceptors (Lipinski definition) is 3. The average Bonchev–Trinajstić information content (AvgIpc) is 2.57. The smallest absolute Gasteiger partial charge is 0.267 e. The molecule has 0 heterocycles. The molecule has 116 valence electrons. The molecule has 0 unspecified atom stereocenters. The molecule has 0 spiro atoms. The topological polar surface area (TPSA) is 107 Å². The number of azide groups is 1. The molecule has 0 aromatic heterocycles. The van der Waals surface area contributed by atoms with Crippen LogP contribution in [0.5, 0.6) is 0 Å². The van der Waals surface area contributed by atoms with E-state index in [9.17, 15) is 9.59 Å². The molecule has 0 saturated heterocycles. The van der Waals surface area contributed by atoms with Crippen molar-refractivity contribution in [3.63, 3.8) is 0 Å². The maximum atomic E-state index is 12.2. The molecule has 8 heteroatoms. The molecule has 2 aromatic rings. The van der Waals surface area contributed by atoms with Gasteiger partial charge in [-0.2, -0.15) is 0 Å². The molecule has 2 rings (SSSR count).